The number of ketones is 1. The van der Waals surface area contributed by atoms with Gasteiger partial charge >= 0.3 is 5.97 Å². The summed E-state index contributed by atoms with van der Waals surface area (Å²) in [5, 5.41) is 22.9. The van der Waals surface area contributed by atoms with Crippen molar-refractivity contribution >= 4 is 23.3 Å². The van der Waals surface area contributed by atoms with Crippen LogP contribution in [-0.2, 0) is 16.1 Å². The number of rotatable bonds is 6. The van der Waals surface area contributed by atoms with Crippen LogP contribution >= 0.6 is 0 Å². The first-order chi connectivity index (χ1) is 11.3. The number of carboxylic acids is 1. The van der Waals surface area contributed by atoms with Gasteiger partial charge < -0.3 is 15.1 Å². The van der Waals surface area contributed by atoms with Crippen LogP contribution < -0.4 is 4.90 Å². The molecule has 2 rings (SSSR count). The number of hydrogen-bond donors (Lipinski definition) is 2. The van der Waals surface area contributed by atoms with E-state index >= 15 is 0 Å². The summed E-state index contributed by atoms with van der Waals surface area (Å²) >= 11 is 0. The van der Waals surface area contributed by atoms with Gasteiger partial charge in [-0.1, -0.05) is 12.1 Å². The first-order valence-electron chi connectivity index (χ1n) is 6.95. The lowest BCUT2D eigenvalue weighted by Gasteiger charge is -2.10. The lowest BCUT2D eigenvalue weighted by atomic mass is 10.2. The Morgan fingerprint density at radius 3 is 2.42 bits per heavy atom. The average Bonchev–Trinajstić information content (AvgIpc) is 2.93. The van der Waals surface area contributed by atoms with E-state index in [0.29, 0.717) is 18.4 Å². The average molecular weight is 333 g/mol. The fourth-order valence-electron chi connectivity index (χ4n) is 2.04. The minimum absolute atomic E-state index is 0.219. The summed E-state index contributed by atoms with van der Waals surface area (Å²) in [5.41, 5.74) is 1.01. The van der Waals surface area contributed by atoms with E-state index in [1.807, 2.05) is 0 Å². The molecular formula is C16H16FN3O4. The molecule has 0 spiro atoms. The van der Waals surface area contributed by atoms with Gasteiger partial charge in [-0.15, -0.1) is 0 Å². The highest BCUT2D eigenvalue weighted by Crippen LogP contribution is 2.23. The second-order valence-corrected chi connectivity index (χ2v) is 5.28. The first kappa shape index (κ1) is 17.2. The van der Waals surface area contributed by atoms with Gasteiger partial charge in [-0.3, -0.25) is 9.48 Å². The Morgan fingerprint density at radius 1 is 1.25 bits per heavy atom. The maximum Gasteiger partial charge on any atom is 0.376 e. The van der Waals surface area contributed by atoms with Crippen molar-refractivity contribution in [1.82, 2.24) is 9.78 Å². The molecule has 0 unspecified atom stereocenters. The number of aliphatic hydroxyl groups is 1. The molecule has 2 aromatic rings. The fourth-order valence-corrected chi connectivity index (χ4v) is 2.04. The molecule has 1 aromatic heterocycles. The van der Waals surface area contributed by atoms with Crippen LogP contribution in [0, 0.1) is 5.82 Å². The van der Waals surface area contributed by atoms with Crippen LogP contribution in [0.2, 0.25) is 0 Å². The minimum Gasteiger partial charge on any atom is -0.507 e. The van der Waals surface area contributed by atoms with E-state index in [0.717, 1.165) is 5.56 Å². The third-order valence-corrected chi connectivity index (χ3v) is 3.18. The van der Waals surface area contributed by atoms with Crippen molar-refractivity contribution < 1.29 is 24.2 Å². The molecule has 0 saturated heterocycles. The first-order valence-corrected chi connectivity index (χ1v) is 6.95. The third kappa shape index (κ3) is 3.97. The van der Waals surface area contributed by atoms with Crippen LogP contribution in [-0.4, -0.2) is 45.8 Å². The van der Waals surface area contributed by atoms with Gasteiger partial charge in [0.2, 0.25) is 0 Å². The number of carboxylic acid groups (broad SMARTS) is 1. The van der Waals surface area contributed by atoms with Gasteiger partial charge in [-0.25, -0.2) is 9.18 Å². The van der Waals surface area contributed by atoms with Gasteiger partial charge in [0.15, 0.2) is 5.82 Å². The predicted octanol–water partition coefficient (Wildman–Crippen LogP) is 1.69. The van der Waals surface area contributed by atoms with Crippen molar-refractivity contribution in [3.8, 4) is 0 Å². The molecule has 8 heteroatoms. The van der Waals surface area contributed by atoms with Crippen LogP contribution in [0.1, 0.15) is 11.1 Å². The van der Waals surface area contributed by atoms with Gasteiger partial charge in [-0.2, -0.15) is 5.10 Å². The molecule has 1 aromatic carbocycles. The number of carbonyl (C=O) groups is 2. The van der Waals surface area contributed by atoms with Crippen molar-refractivity contribution in [3.63, 3.8) is 0 Å². The van der Waals surface area contributed by atoms with Gasteiger partial charge in [0, 0.05) is 26.4 Å². The maximum atomic E-state index is 12.9. The van der Waals surface area contributed by atoms with Gasteiger partial charge in [-0.05, 0) is 17.7 Å². The minimum atomic E-state index is -1.66. The highest BCUT2D eigenvalue weighted by Gasteiger charge is 2.17. The molecule has 2 N–H and O–H groups in total. The normalized spacial score (nSPS) is 11.4. The number of anilines is 1. The van der Waals surface area contributed by atoms with E-state index in [-0.39, 0.29) is 11.4 Å². The summed E-state index contributed by atoms with van der Waals surface area (Å²) in [5.74, 6) is -3.36. The Bertz CT molecular complexity index is 794. The monoisotopic (exact) mass is 333 g/mol. The fraction of sp³-hybridized carbons (Fsp3) is 0.188. The second kappa shape index (κ2) is 6.95. The summed E-state index contributed by atoms with van der Waals surface area (Å²) in [6, 6.07) is 5.87. The lowest BCUT2D eigenvalue weighted by Crippen LogP contribution is -2.13. The Hall–Kier alpha value is -3.16. The largest absolute Gasteiger partial charge is 0.507 e. The molecule has 0 aliphatic heterocycles. The predicted molar refractivity (Wildman–Crippen MR) is 85.3 cm³/mol. The van der Waals surface area contributed by atoms with E-state index in [4.69, 9.17) is 5.11 Å². The van der Waals surface area contributed by atoms with Gasteiger partial charge in [0.1, 0.15) is 11.6 Å². The van der Waals surface area contributed by atoms with Crippen LogP contribution in [0.15, 0.2) is 36.5 Å². The van der Waals surface area contributed by atoms with E-state index in [2.05, 4.69) is 5.10 Å². The number of aliphatic hydroxyl groups excluding tert-OH is 1. The van der Waals surface area contributed by atoms with Gasteiger partial charge in [0.25, 0.3) is 5.78 Å². The van der Waals surface area contributed by atoms with Crippen LogP contribution in [0.25, 0.3) is 5.76 Å². The molecule has 24 heavy (non-hydrogen) atoms. The molecule has 126 valence electrons. The summed E-state index contributed by atoms with van der Waals surface area (Å²) in [6.45, 7) is 0.321. The Balaban J connectivity index is 2.34. The molecule has 0 fully saturated rings. The van der Waals surface area contributed by atoms with E-state index in [9.17, 15) is 19.1 Å². The Kier molecular flexibility index (Phi) is 4.98. The van der Waals surface area contributed by atoms with Crippen molar-refractivity contribution in [2.45, 2.75) is 6.54 Å². The quantitative estimate of drug-likeness (QED) is 0.474. The number of hydrogen-bond acceptors (Lipinski definition) is 5. The van der Waals surface area contributed by atoms with Crippen LogP contribution in [0.4, 0.5) is 10.2 Å². The molecular weight excluding hydrogens is 317 g/mol. The smallest absolute Gasteiger partial charge is 0.376 e. The molecule has 0 aliphatic carbocycles. The van der Waals surface area contributed by atoms with Crippen molar-refractivity contribution in [2.24, 2.45) is 0 Å². The SMILES string of the molecule is CN(C)c1nn(Cc2ccc(F)cc2)cc1/C(O)=C/C(=O)C(=O)O. The maximum absolute atomic E-state index is 12.9. The van der Waals surface area contributed by atoms with Crippen molar-refractivity contribution in [3.05, 3.63) is 53.5 Å². The summed E-state index contributed by atoms with van der Waals surface area (Å²) in [6.07, 6.45) is 2.12. The molecule has 1 heterocycles. The summed E-state index contributed by atoms with van der Waals surface area (Å²) in [4.78, 5) is 23.4. The Labute approximate surface area is 137 Å². The topological polar surface area (TPSA) is 95.7 Å². The van der Waals surface area contributed by atoms with E-state index in [1.54, 1.807) is 31.1 Å². The van der Waals surface area contributed by atoms with E-state index in [1.165, 1.54) is 23.0 Å². The zero-order valence-electron chi connectivity index (χ0n) is 13.1. The second-order valence-electron chi connectivity index (χ2n) is 5.28. The molecule has 7 nitrogen and oxygen atoms in total. The van der Waals surface area contributed by atoms with Crippen molar-refractivity contribution in [2.75, 3.05) is 19.0 Å². The molecule has 0 radical (unpaired) electrons. The molecule has 0 saturated carbocycles. The number of aliphatic carboxylic acids is 1. The summed E-state index contributed by atoms with van der Waals surface area (Å²) in [7, 11) is 3.39. The summed E-state index contributed by atoms with van der Waals surface area (Å²) < 4.78 is 14.4. The van der Waals surface area contributed by atoms with Crippen LogP contribution in [0.3, 0.4) is 0 Å². The zero-order chi connectivity index (χ0) is 17.9. The standard InChI is InChI=1S/C16H16FN3O4/c1-19(2)15-12(13(21)7-14(22)16(23)24)9-20(18-15)8-10-3-5-11(17)6-4-10/h3-7,9,21H,8H2,1-2H3,(H,23,24)/b13-7-. The van der Waals surface area contributed by atoms with E-state index < -0.39 is 17.5 Å². The third-order valence-electron chi connectivity index (χ3n) is 3.18. The number of benzene rings is 1. The number of halogens is 1. The number of aromatic nitrogens is 2. The molecule has 0 amide bonds. The highest BCUT2D eigenvalue weighted by atomic mass is 19.1. The molecule has 0 aliphatic rings. The molecule has 0 bridgehead atoms. The lowest BCUT2D eigenvalue weighted by molar-refractivity contribution is -0.146. The van der Waals surface area contributed by atoms with Crippen molar-refractivity contribution in [1.29, 1.82) is 0 Å². The van der Waals surface area contributed by atoms with Crippen LogP contribution in [0.5, 0.6) is 0 Å². The number of carbonyl (C=O) groups excluding carboxylic acids is 1. The Morgan fingerprint density at radius 2 is 1.88 bits per heavy atom. The highest BCUT2D eigenvalue weighted by molar-refractivity contribution is 6.38. The molecule has 0 atom stereocenters. The van der Waals surface area contributed by atoms with Gasteiger partial charge in [0.05, 0.1) is 12.1 Å². The zero-order valence-corrected chi connectivity index (χ0v) is 13.1. The number of nitrogens with zero attached hydrogens (tertiary/aromatic N) is 3.